The third-order valence-electron chi connectivity index (χ3n) is 2.71. The van der Waals surface area contributed by atoms with E-state index in [9.17, 15) is 0 Å². The van der Waals surface area contributed by atoms with Gasteiger partial charge >= 0.3 is 0 Å². The van der Waals surface area contributed by atoms with Crippen LogP contribution in [0.5, 0.6) is 0 Å². The number of hydrogen-bond donors (Lipinski definition) is 0. The number of benzene rings is 2. The largest absolute Gasteiger partial charge is 0.113 e. The highest BCUT2D eigenvalue weighted by atomic mass is 127. The van der Waals surface area contributed by atoms with Gasteiger partial charge in [0.15, 0.2) is 0 Å². The first-order chi connectivity index (χ1) is 8.49. The van der Waals surface area contributed by atoms with E-state index in [2.05, 4.69) is 97.8 Å². The van der Waals surface area contributed by atoms with Crippen LogP contribution in [0.1, 0.15) is 22.1 Å². The quantitative estimate of drug-likeness (QED) is 0.328. The monoisotopic (exact) mass is 498 g/mol. The molecule has 0 fully saturated rings. The molecule has 0 aliphatic carbocycles. The minimum atomic E-state index is -0.145. The van der Waals surface area contributed by atoms with E-state index in [4.69, 9.17) is 11.6 Å². The zero-order valence-corrected chi connectivity index (χ0v) is 15.6. The fraction of sp³-hybridized carbons (Fsp3) is 0.143. The Kier molecular flexibility index (Phi) is 5.14. The van der Waals surface area contributed by atoms with Gasteiger partial charge in [-0.3, -0.25) is 0 Å². The molecule has 0 heterocycles. The summed E-state index contributed by atoms with van der Waals surface area (Å²) in [5.74, 6) is 0. The van der Waals surface area contributed by atoms with Crippen molar-refractivity contribution in [3.8, 4) is 0 Å². The molecule has 2 aromatic rings. The molecule has 2 aromatic carbocycles. The van der Waals surface area contributed by atoms with Crippen molar-refractivity contribution in [3.63, 3.8) is 0 Å². The molecular weight excluding hydrogens is 490 g/mol. The minimum absolute atomic E-state index is 0.145. The Bertz CT molecular complexity index is 567. The predicted octanol–water partition coefficient (Wildman–Crippen LogP) is 6.45. The molecular formula is C14H10Br2ClI. The maximum atomic E-state index is 6.56. The summed E-state index contributed by atoms with van der Waals surface area (Å²) in [6, 6.07) is 12.4. The van der Waals surface area contributed by atoms with Crippen molar-refractivity contribution in [2.75, 3.05) is 0 Å². The van der Waals surface area contributed by atoms with Gasteiger partial charge in [0.1, 0.15) is 0 Å². The lowest BCUT2D eigenvalue weighted by Gasteiger charge is -2.14. The van der Waals surface area contributed by atoms with Crippen LogP contribution in [-0.2, 0) is 0 Å². The lowest BCUT2D eigenvalue weighted by atomic mass is 10.0. The summed E-state index contributed by atoms with van der Waals surface area (Å²) >= 11 is 16.0. The van der Waals surface area contributed by atoms with Crippen LogP contribution >= 0.6 is 66.1 Å². The maximum absolute atomic E-state index is 6.56. The van der Waals surface area contributed by atoms with E-state index in [1.165, 1.54) is 9.13 Å². The van der Waals surface area contributed by atoms with E-state index in [-0.39, 0.29) is 5.38 Å². The zero-order valence-electron chi connectivity index (χ0n) is 9.55. The highest BCUT2D eigenvalue weighted by Gasteiger charge is 2.15. The van der Waals surface area contributed by atoms with Crippen molar-refractivity contribution >= 4 is 66.1 Å². The zero-order chi connectivity index (χ0) is 13.3. The molecule has 1 unspecified atom stereocenters. The molecule has 0 saturated carbocycles. The highest BCUT2D eigenvalue weighted by Crippen LogP contribution is 2.36. The van der Waals surface area contributed by atoms with Gasteiger partial charge in [0.05, 0.1) is 5.38 Å². The van der Waals surface area contributed by atoms with Gasteiger partial charge in [-0.1, -0.05) is 44.0 Å². The van der Waals surface area contributed by atoms with Gasteiger partial charge in [-0.15, -0.1) is 11.6 Å². The maximum Gasteiger partial charge on any atom is 0.0846 e. The molecule has 0 amide bonds. The molecule has 0 aromatic heterocycles. The normalized spacial score (nSPS) is 12.5. The van der Waals surface area contributed by atoms with Crippen LogP contribution < -0.4 is 0 Å². The van der Waals surface area contributed by atoms with Crippen molar-refractivity contribution in [3.05, 3.63) is 65.6 Å². The summed E-state index contributed by atoms with van der Waals surface area (Å²) in [7, 11) is 0. The van der Waals surface area contributed by atoms with Crippen LogP contribution in [0, 0.1) is 10.5 Å². The standard InChI is InChI=1S/C14H10Br2ClI/c1-8-6-13(16)11(7-12(8)15)14(17)9-2-4-10(18)5-3-9/h2-7,14H,1H3. The number of rotatable bonds is 2. The summed E-state index contributed by atoms with van der Waals surface area (Å²) < 4.78 is 3.34. The second-order valence-corrected chi connectivity index (χ2v) is 7.43. The van der Waals surface area contributed by atoms with Crippen molar-refractivity contribution in [1.29, 1.82) is 0 Å². The van der Waals surface area contributed by atoms with Crippen molar-refractivity contribution in [2.45, 2.75) is 12.3 Å². The Morgan fingerprint density at radius 3 is 2.28 bits per heavy atom. The summed E-state index contributed by atoms with van der Waals surface area (Å²) in [6.07, 6.45) is 0. The molecule has 0 aliphatic heterocycles. The number of aryl methyl sites for hydroxylation is 1. The van der Waals surface area contributed by atoms with Gasteiger partial charge < -0.3 is 0 Å². The molecule has 0 spiro atoms. The third kappa shape index (κ3) is 3.30. The van der Waals surface area contributed by atoms with Gasteiger partial charge in [-0.05, 0) is 70.5 Å². The lowest BCUT2D eigenvalue weighted by Crippen LogP contribution is -1.96. The predicted molar refractivity (Wildman–Crippen MR) is 93.4 cm³/mol. The Balaban J connectivity index is 2.42. The molecule has 18 heavy (non-hydrogen) atoms. The second-order valence-electron chi connectivity index (χ2n) is 4.04. The average Bonchev–Trinajstić information content (AvgIpc) is 2.34. The summed E-state index contributed by atoms with van der Waals surface area (Å²) in [6.45, 7) is 2.06. The summed E-state index contributed by atoms with van der Waals surface area (Å²) in [5, 5.41) is -0.145. The van der Waals surface area contributed by atoms with Crippen LogP contribution in [0.4, 0.5) is 0 Å². The van der Waals surface area contributed by atoms with Gasteiger partial charge in [0.25, 0.3) is 0 Å². The van der Waals surface area contributed by atoms with E-state index >= 15 is 0 Å². The van der Waals surface area contributed by atoms with E-state index in [0.717, 1.165) is 20.1 Å². The molecule has 94 valence electrons. The van der Waals surface area contributed by atoms with Crippen LogP contribution in [-0.4, -0.2) is 0 Å². The first-order valence-electron chi connectivity index (χ1n) is 5.34. The molecule has 1 atom stereocenters. The topological polar surface area (TPSA) is 0 Å². The van der Waals surface area contributed by atoms with E-state index in [1.807, 2.05) is 0 Å². The Hall–Kier alpha value is 0.420. The van der Waals surface area contributed by atoms with Crippen LogP contribution in [0.2, 0.25) is 0 Å². The summed E-state index contributed by atoms with van der Waals surface area (Å²) in [4.78, 5) is 0. The van der Waals surface area contributed by atoms with E-state index in [0.29, 0.717) is 0 Å². The van der Waals surface area contributed by atoms with Crippen LogP contribution in [0.3, 0.4) is 0 Å². The molecule has 0 saturated heterocycles. The number of halogens is 4. The summed E-state index contributed by atoms with van der Waals surface area (Å²) in [5.41, 5.74) is 3.38. The molecule has 0 nitrogen and oxygen atoms in total. The lowest BCUT2D eigenvalue weighted by molar-refractivity contribution is 1.12. The molecule has 0 aliphatic rings. The number of hydrogen-bond acceptors (Lipinski definition) is 0. The van der Waals surface area contributed by atoms with Gasteiger partial charge in [0, 0.05) is 12.5 Å². The average molecular weight is 500 g/mol. The Morgan fingerprint density at radius 1 is 1.06 bits per heavy atom. The van der Waals surface area contributed by atoms with Crippen LogP contribution in [0.25, 0.3) is 0 Å². The molecule has 0 radical (unpaired) electrons. The van der Waals surface area contributed by atoms with Crippen LogP contribution in [0.15, 0.2) is 45.3 Å². The van der Waals surface area contributed by atoms with Gasteiger partial charge in [0.2, 0.25) is 0 Å². The Labute approximate surface area is 143 Å². The van der Waals surface area contributed by atoms with Gasteiger partial charge in [-0.2, -0.15) is 0 Å². The SMILES string of the molecule is Cc1cc(Br)c(C(Cl)c2ccc(I)cc2)cc1Br. The fourth-order valence-electron chi connectivity index (χ4n) is 1.67. The van der Waals surface area contributed by atoms with E-state index in [1.54, 1.807) is 0 Å². The molecule has 4 heteroatoms. The fourth-order valence-corrected chi connectivity index (χ4v) is 3.53. The van der Waals surface area contributed by atoms with Gasteiger partial charge in [-0.25, -0.2) is 0 Å². The molecule has 0 bridgehead atoms. The smallest absolute Gasteiger partial charge is 0.0846 e. The highest BCUT2D eigenvalue weighted by molar-refractivity contribution is 14.1. The van der Waals surface area contributed by atoms with E-state index < -0.39 is 0 Å². The van der Waals surface area contributed by atoms with Crippen molar-refractivity contribution in [2.24, 2.45) is 0 Å². The van der Waals surface area contributed by atoms with Crippen molar-refractivity contribution < 1.29 is 0 Å². The second kappa shape index (κ2) is 6.25. The van der Waals surface area contributed by atoms with Crippen molar-refractivity contribution in [1.82, 2.24) is 0 Å². The minimum Gasteiger partial charge on any atom is -0.113 e. The number of alkyl halides is 1. The molecule has 0 N–H and O–H groups in total. The molecule has 2 rings (SSSR count). The third-order valence-corrected chi connectivity index (χ3v) is 5.46. The first kappa shape index (κ1) is 14.8. The Morgan fingerprint density at radius 2 is 1.67 bits per heavy atom. The first-order valence-corrected chi connectivity index (χ1v) is 8.44.